The van der Waals surface area contributed by atoms with Crippen LogP contribution in [-0.4, -0.2) is 35.0 Å². The molecule has 6 heteroatoms. The SMILES string of the molecule is Cc1ccc(C)c2sc(OC3CCN(C(=O)c4cccc(Br)c4)CC3)nc12. The fraction of sp³-hybridized carbons (Fsp3) is 0.333. The van der Waals surface area contributed by atoms with Gasteiger partial charge in [0.25, 0.3) is 11.1 Å². The molecule has 27 heavy (non-hydrogen) atoms. The second-order valence-corrected chi connectivity index (χ2v) is 8.85. The van der Waals surface area contributed by atoms with Gasteiger partial charge in [0.2, 0.25) is 0 Å². The number of thiazole rings is 1. The minimum Gasteiger partial charge on any atom is -0.467 e. The van der Waals surface area contributed by atoms with Gasteiger partial charge in [0.15, 0.2) is 0 Å². The summed E-state index contributed by atoms with van der Waals surface area (Å²) in [7, 11) is 0. The van der Waals surface area contributed by atoms with Crippen molar-refractivity contribution in [3.63, 3.8) is 0 Å². The molecular weight excluding hydrogens is 424 g/mol. The molecule has 0 N–H and O–H groups in total. The van der Waals surface area contributed by atoms with Crippen molar-refractivity contribution >= 4 is 43.4 Å². The molecule has 1 saturated heterocycles. The zero-order valence-corrected chi connectivity index (χ0v) is 17.8. The van der Waals surface area contributed by atoms with Crippen molar-refractivity contribution in [1.29, 1.82) is 0 Å². The molecule has 0 radical (unpaired) electrons. The van der Waals surface area contributed by atoms with Crippen LogP contribution in [-0.2, 0) is 0 Å². The number of nitrogens with zero attached hydrogens (tertiary/aromatic N) is 2. The molecule has 3 aromatic rings. The highest BCUT2D eigenvalue weighted by Gasteiger charge is 2.25. The van der Waals surface area contributed by atoms with E-state index in [1.54, 1.807) is 11.3 Å². The highest BCUT2D eigenvalue weighted by Crippen LogP contribution is 2.33. The number of aromatic nitrogens is 1. The summed E-state index contributed by atoms with van der Waals surface area (Å²) in [6.07, 6.45) is 1.76. The van der Waals surface area contributed by atoms with E-state index in [1.165, 1.54) is 15.8 Å². The molecule has 0 saturated carbocycles. The normalized spacial score (nSPS) is 15.3. The predicted octanol–water partition coefficient (Wildman–Crippen LogP) is 5.36. The Morgan fingerprint density at radius 3 is 2.63 bits per heavy atom. The minimum atomic E-state index is 0.0842. The zero-order valence-electron chi connectivity index (χ0n) is 15.4. The van der Waals surface area contributed by atoms with E-state index < -0.39 is 0 Å². The number of halogens is 1. The van der Waals surface area contributed by atoms with E-state index in [9.17, 15) is 4.79 Å². The Bertz CT molecular complexity index is 954. The van der Waals surface area contributed by atoms with Crippen LogP contribution in [0, 0.1) is 13.8 Å². The average molecular weight is 445 g/mol. The minimum absolute atomic E-state index is 0.0842. The van der Waals surface area contributed by atoms with Crippen LogP contribution >= 0.6 is 27.3 Å². The number of rotatable bonds is 3. The molecule has 1 amide bonds. The van der Waals surface area contributed by atoms with Gasteiger partial charge >= 0.3 is 0 Å². The predicted molar refractivity (Wildman–Crippen MR) is 113 cm³/mol. The van der Waals surface area contributed by atoms with Gasteiger partial charge in [0.1, 0.15) is 6.10 Å². The summed E-state index contributed by atoms with van der Waals surface area (Å²) >= 11 is 5.05. The fourth-order valence-electron chi connectivity index (χ4n) is 3.41. The number of carbonyl (C=O) groups is 1. The van der Waals surface area contributed by atoms with Gasteiger partial charge in [0, 0.05) is 36.0 Å². The lowest BCUT2D eigenvalue weighted by molar-refractivity contribution is 0.0595. The number of carbonyl (C=O) groups excluding carboxylic acids is 1. The van der Waals surface area contributed by atoms with Crippen molar-refractivity contribution in [3.05, 3.63) is 57.6 Å². The number of ether oxygens (including phenoxy) is 1. The third-order valence-corrected chi connectivity index (χ3v) is 6.57. The van der Waals surface area contributed by atoms with Gasteiger partial charge in [-0.15, -0.1) is 0 Å². The number of aryl methyl sites for hydroxylation is 2. The van der Waals surface area contributed by atoms with Crippen LogP contribution < -0.4 is 4.74 Å². The lowest BCUT2D eigenvalue weighted by atomic mass is 10.1. The summed E-state index contributed by atoms with van der Waals surface area (Å²) in [5.74, 6) is 0.0842. The Balaban J connectivity index is 1.40. The van der Waals surface area contributed by atoms with Crippen LogP contribution in [0.15, 0.2) is 40.9 Å². The largest absolute Gasteiger partial charge is 0.467 e. The zero-order chi connectivity index (χ0) is 19.0. The van der Waals surface area contributed by atoms with E-state index in [-0.39, 0.29) is 12.0 Å². The van der Waals surface area contributed by atoms with Gasteiger partial charge in [-0.1, -0.05) is 45.5 Å². The van der Waals surface area contributed by atoms with Gasteiger partial charge in [-0.05, 0) is 43.2 Å². The monoisotopic (exact) mass is 444 g/mol. The number of piperidine rings is 1. The summed E-state index contributed by atoms with van der Waals surface area (Å²) < 4.78 is 8.29. The lowest BCUT2D eigenvalue weighted by Crippen LogP contribution is -2.41. The molecule has 0 aliphatic carbocycles. The number of amides is 1. The second-order valence-electron chi connectivity index (χ2n) is 6.98. The third kappa shape index (κ3) is 3.87. The molecular formula is C21H21BrN2O2S. The van der Waals surface area contributed by atoms with E-state index in [1.807, 2.05) is 29.2 Å². The number of fused-ring (bicyclic) bond motifs is 1. The van der Waals surface area contributed by atoms with Gasteiger partial charge in [0.05, 0.1) is 10.2 Å². The highest BCUT2D eigenvalue weighted by atomic mass is 79.9. The standard InChI is InChI=1S/C21H21BrN2O2S/c1-13-6-7-14(2)19-18(13)23-21(27-19)26-17-8-10-24(11-9-17)20(25)15-4-3-5-16(22)12-15/h3-7,12,17H,8-11H2,1-2H3. The first-order valence-corrected chi connectivity index (χ1v) is 10.7. The maximum absolute atomic E-state index is 12.7. The number of likely N-dealkylation sites (tertiary alicyclic amines) is 1. The Labute approximate surface area is 171 Å². The van der Waals surface area contributed by atoms with Crippen molar-refractivity contribution in [3.8, 4) is 5.19 Å². The smallest absolute Gasteiger partial charge is 0.274 e. The maximum Gasteiger partial charge on any atom is 0.274 e. The quantitative estimate of drug-likeness (QED) is 0.545. The first kappa shape index (κ1) is 18.4. The molecule has 1 aliphatic heterocycles. The first-order chi connectivity index (χ1) is 13.0. The number of benzene rings is 2. The number of hydrogen-bond acceptors (Lipinski definition) is 4. The summed E-state index contributed by atoms with van der Waals surface area (Å²) in [4.78, 5) is 19.3. The third-order valence-electron chi connectivity index (χ3n) is 4.99. The topological polar surface area (TPSA) is 42.4 Å². The van der Waals surface area contributed by atoms with Crippen molar-refractivity contribution in [2.24, 2.45) is 0 Å². The molecule has 2 aromatic carbocycles. The summed E-state index contributed by atoms with van der Waals surface area (Å²) in [6, 6.07) is 11.8. The molecule has 1 fully saturated rings. The van der Waals surface area contributed by atoms with Crippen molar-refractivity contribution in [1.82, 2.24) is 9.88 Å². The molecule has 0 unspecified atom stereocenters. The van der Waals surface area contributed by atoms with E-state index >= 15 is 0 Å². The van der Waals surface area contributed by atoms with Gasteiger partial charge in [-0.3, -0.25) is 4.79 Å². The van der Waals surface area contributed by atoms with Crippen LogP contribution in [0.4, 0.5) is 0 Å². The summed E-state index contributed by atoms with van der Waals surface area (Å²) in [5, 5.41) is 0.735. The fourth-order valence-corrected chi connectivity index (χ4v) is 4.84. The molecule has 1 aliphatic rings. The molecule has 0 bridgehead atoms. The summed E-state index contributed by atoms with van der Waals surface area (Å²) in [6.45, 7) is 5.60. The maximum atomic E-state index is 12.7. The van der Waals surface area contributed by atoms with Gasteiger partial charge in [-0.25, -0.2) is 4.98 Å². The molecule has 0 atom stereocenters. The van der Waals surface area contributed by atoms with Gasteiger partial charge in [-0.2, -0.15) is 0 Å². The summed E-state index contributed by atoms with van der Waals surface area (Å²) in [5.41, 5.74) is 4.17. The molecule has 1 aromatic heterocycles. The lowest BCUT2D eigenvalue weighted by Gasteiger charge is -2.31. The average Bonchev–Trinajstić information content (AvgIpc) is 3.10. The molecule has 140 valence electrons. The van der Waals surface area contributed by atoms with Crippen LogP contribution in [0.2, 0.25) is 0 Å². The Hall–Kier alpha value is -1.92. The van der Waals surface area contributed by atoms with Crippen LogP contribution in [0.5, 0.6) is 5.19 Å². The molecule has 2 heterocycles. The van der Waals surface area contributed by atoms with E-state index in [4.69, 9.17) is 4.74 Å². The highest BCUT2D eigenvalue weighted by molar-refractivity contribution is 9.10. The second kappa shape index (κ2) is 7.60. The van der Waals surface area contributed by atoms with Crippen LogP contribution in [0.3, 0.4) is 0 Å². The van der Waals surface area contributed by atoms with E-state index in [0.717, 1.165) is 33.6 Å². The Morgan fingerprint density at radius 1 is 1.19 bits per heavy atom. The van der Waals surface area contributed by atoms with E-state index in [2.05, 4.69) is 46.9 Å². The Morgan fingerprint density at radius 2 is 1.93 bits per heavy atom. The van der Waals surface area contributed by atoms with Crippen molar-refractivity contribution < 1.29 is 9.53 Å². The van der Waals surface area contributed by atoms with Crippen molar-refractivity contribution in [2.75, 3.05) is 13.1 Å². The Kier molecular flexibility index (Phi) is 5.19. The van der Waals surface area contributed by atoms with Crippen molar-refractivity contribution in [2.45, 2.75) is 32.8 Å². The van der Waals surface area contributed by atoms with Crippen LogP contribution in [0.25, 0.3) is 10.2 Å². The van der Waals surface area contributed by atoms with E-state index in [0.29, 0.717) is 13.1 Å². The first-order valence-electron chi connectivity index (χ1n) is 9.09. The molecule has 0 spiro atoms. The van der Waals surface area contributed by atoms with Crippen LogP contribution in [0.1, 0.15) is 34.3 Å². The number of hydrogen-bond donors (Lipinski definition) is 0. The molecule has 4 nitrogen and oxygen atoms in total. The van der Waals surface area contributed by atoms with Gasteiger partial charge < -0.3 is 9.64 Å². The molecule has 4 rings (SSSR count).